The van der Waals surface area contributed by atoms with Gasteiger partial charge in [-0.05, 0) is 32.0 Å². The van der Waals surface area contributed by atoms with Crippen molar-refractivity contribution in [3.63, 3.8) is 0 Å². The van der Waals surface area contributed by atoms with Gasteiger partial charge in [-0.3, -0.25) is 0 Å². The van der Waals surface area contributed by atoms with E-state index in [0.717, 1.165) is 5.56 Å². The molecular formula is C11H11ClFN3. The van der Waals surface area contributed by atoms with E-state index in [4.69, 9.17) is 11.6 Å². The highest BCUT2D eigenvalue weighted by atomic mass is 35.5. The van der Waals surface area contributed by atoms with Crippen LogP contribution in [0.3, 0.4) is 0 Å². The maximum absolute atomic E-state index is 13.0. The molecule has 0 aliphatic rings. The molecule has 3 nitrogen and oxygen atoms in total. The molecule has 1 heterocycles. The van der Waals surface area contributed by atoms with Gasteiger partial charge in [-0.2, -0.15) is 0 Å². The number of nitrogens with zero attached hydrogens (tertiary/aromatic N) is 3. The molecule has 0 fully saturated rings. The Balaban J connectivity index is 2.50. The molecule has 0 N–H and O–H groups in total. The second kappa shape index (κ2) is 4.22. The molecule has 0 bridgehead atoms. The van der Waals surface area contributed by atoms with Crippen molar-refractivity contribution in [3.05, 3.63) is 35.4 Å². The SMILES string of the molecule is CC(C)n1cnnc1-c1ccc(F)c(Cl)c1. The summed E-state index contributed by atoms with van der Waals surface area (Å²) in [6, 6.07) is 4.77. The highest BCUT2D eigenvalue weighted by molar-refractivity contribution is 6.31. The molecule has 1 aromatic carbocycles. The van der Waals surface area contributed by atoms with Crippen LogP contribution in [0.2, 0.25) is 5.02 Å². The van der Waals surface area contributed by atoms with Crippen LogP contribution in [0.15, 0.2) is 24.5 Å². The van der Waals surface area contributed by atoms with Gasteiger partial charge in [0.2, 0.25) is 0 Å². The molecule has 5 heteroatoms. The highest BCUT2D eigenvalue weighted by Gasteiger charge is 2.11. The molecule has 2 aromatic rings. The lowest BCUT2D eigenvalue weighted by atomic mass is 10.2. The van der Waals surface area contributed by atoms with Crippen molar-refractivity contribution < 1.29 is 4.39 Å². The number of rotatable bonds is 2. The zero-order chi connectivity index (χ0) is 11.7. The molecular weight excluding hydrogens is 229 g/mol. The van der Waals surface area contributed by atoms with E-state index < -0.39 is 5.82 Å². The van der Waals surface area contributed by atoms with Crippen molar-refractivity contribution in [1.82, 2.24) is 14.8 Å². The first-order valence-electron chi connectivity index (χ1n) is 4.94. The average molecular weight is 240 g/mol. The van der Waals surface area contributed by atoms with Gasteiger partial charge in [-0.1, -0.05) is 11.6 Å². The van der Waals surface area contributed by atoms with Crippen LogP contribution < -0.4 is 0 Å². The fourth-order valence-corrected chi connectivity index (χ4v) is 1.64. The molecule has 0 unspecified atom stereocenters. The van der Waals surface area contributed by atoms with Gasteiger partial charge >= 0.3 is 0 Å². The molecule has 0 saturated carbocycles. The van der Waals surface area contributed by atoms with E-state index in [1.165, 1.54) is 6.07 Å². The fraction of sp³-hybridized carbons (Fsp3) is 0.273. The maximum Gasteiger partial charge on any atom is 0.164 e. The zero-order valence-electron chi connectivity index (χ0n) is 8.98. The largest absolute Gasteiger partial charge is 0.311 e. The predicted molar refractivity (Wildman–Crippen MR) is 60.8 cm³/mol. The maximum atomic E-state index is 13.0. The molecule has 1 aromatic heterocycles. The van der Waals surface area contributed by atoms with Crippen LogP contribution in [-0.4, -0.2) is 14.8 Å². The minimum atomic E-state index is -0.430. The Morgan fingerprint density at radius 3 is 2.75 bits per heavy atom. The van der Waals surface area contributed by atoms with Crippen molar-refractivity contribution in [2.24, 2.45) is 0 Å². The van der Waals surface area contributed by atoms with E-state index in [1.54, 1.807) is 18.5 Å². The first-order valence-corrected chi connectivity index (χ1v) is 5.32. The Hall–Kier alpha value is -1.42. The third kappa shape index (κ3) is 1.93. The van der Waals surface area contributed by atoms with Crippen LogP contribution in [0.1, 0.15) is 19.9 Å². The van der Waals surface area contributed by atoms with Gasteiger partial charge in [0.25, 0.3) is 0 Å². The summed E-state index contributed by atoms with van der Waals surface area (Å²) >= 11 is 5.73. The van der Waals surface area contributed by atoms with E-state index in [1.807, 2.05) is 18.4 Å². The monoisotopic (exact) mass is 239 g/mol. The second-order valence-electron chi connectivity index (χ2n) is 3.78. The molecule has 0 radical (unpaired) electrons. The quantitative estimate of drug-likeness (QED) is 0.805. The minimum Gasteiger partial charge on any atom is -0.311 e. The van der Waals surface area contributed by atoms with Crippen molar-refractivity contribution >= 4 is 11.6 Å². The first kappa shape index (κ1) is 11.1. The number of hydrogen-bond acceptors (Lipinski definition) is 2. The Labute approximate surface area is 97.9 Å². The summed E-state index contributed by atoms with van der Waals surface area (Å²) in [5, 5.41) is 7.95. The van der Waals surface area contributed by atoms with E-state index >= 15 is 0 Å². The molecule has 2 rings (SSSR count). The van der Waals surface area contributed by atoms with E-state index in [0.29, 0.717) is 5.82 Å². The molecule has 0 atom stereocenters. The van der Waals surface area contributed by atoms with Crippen LogP contribution in [-0.2, 0) is 0 Å². The molecule has 0 aliphatic carbocycles. The van der Waals surface area contributed by atoms with Crippen LogP contribution in [0.5, 0.6) is 0 Å². The predicted octanol–water partition coefficient (Wildman–Crippen LogP) is 3.32. The van der Waals surface area contributed by atoms with Crippen molar-refractivity contribution in [1.29, 1.82) is 0 Å². The summed E-state index contributed by atoms with van der Waals surface area (Å²) in [5.41, 5.74) is 0.762. The summed E-state index contributed by atoms with van der Waals surface area (Å²) < 4.78 is 14.9. The normalized spacial score (nSPS) is 11.1. The zero-order valence-corrected chi connectivity index (χ0v) is 9.74. The van der Waals surface area contributed by atoms with E-state index in [9.17, 15) is 4.39 Å². The van der Waals surface area contributed by atoms with Crippen LogP contribution >= 0.6 is 11.6 Å². The van der Waals surface area contributed by atoms with E-state index in [2.05, 4.69) is 10.2 Å². The molecule has 16 heavy (non-hydrogen) atoms. The van der Waals surface area contributed by atoms with E-state index in [-0.39, 0.29) is 11.1 Å². The summed E-state index contributed by atoms with van der Waals surface area (Å²) in [6.07, 6.45) is 1.65. The Bertz CT molecular complexity index is 508. The van der Waals surface area contributed by atoms with Gasteiger partial charge in [-0.15, -0.1) is 10.2 Å². The van der Waals surface area contributed by atoms with Gasteiger partial charge in [0.15, 0.2) is 5.82 Å². The minimum absolute atomic E-state index is 0.0933. The number of hydrogen-bond donors (Lipinski definition) is 0. The molecule has 0 saturated heterocycles. The van der Waals surface area contributed by atoms with Gasteiger partial charge < -0.3 is 4.57 Å². The molecule has 0 aliphatic heterocycles. The molecule has 0 amide bonds. The Kier molecular flexibility index (Phi) is 2.92. The van der Waals surface area contributed by atoms with Gasteiger partial charge in [0.1, 0.15) is 12.1 Å². The lowest BCUT2D eigenvalue weighted by molar-refractivity contribution is 0.603. The topological polar surface area (TPSA) is 30.7 Å². The highest BCUT2D eigenvalue weighted by Crippen LogP contribution is 2.24. The second-order valence-corrected chi connectivity index (χ2v) is 4.19. The lowest BCUT2D eigenvalue weighted by Gasteiger charge is -2.10. The third-order valence-corrected chi connectivity index (χ3v) is 2.60. The lowest BCUT2D eigenvalue weighted by Crippen LogP contribution is -2.01. The van der Waals surface area contributed by atoms with Crippen LogP contribution in [0, 0.1) is 5.82 Å². The molecule has 84 valence electrons. The van der Waals surface area contributed by atoms with Crippen molar-refractivity contribution in [2.45, 2.75) is 19.9 Å². The Morgan fingerprint density at radius 1 is 1.38 bits per heavy atom. The fourth-order valence-electron chi connectivity index (χ4n) is 1.46. The van der Waals surface area contributed by atoms with Gasteiger partial charge in [0, 0.05) is 11.6 Å². The van der Waals surface area contributed by atoms with Crippen molar-refractivity contribution in [2.75, 3.05) is 0 Å². The van der Waals surface area contributed by atoms with Crippen LogP contribution in [0.4, 0.5) is 4.39 Å². The summed E-state index contributed by atoms with van der Waals surface area (Å²) in [6.45, 7) is 4.05. The van der Waals surface area contributed by atoms with Crippen LogP contribution in [0.25, 0.3) is 11.4 Å². The number of halogens is 2. The summed E-state index contributed by atoms with van der Waals surface area (Å²) in [4.78, 5) is 0. The summed E-state index contributed by atoms with van der Waals surface area (Å²) in [7, 11) is 0. The number of aromatic nitrogens is 3. The van der Waals surface area contributed by atoms with Crippen molar-refractivity contribution in [3.8, 4) is 11.4 Å². The van der Waals surface area contributed by atoms with Gasteiger partial charge in [-0.25, -0.2) is 4.39 Å². The van der Waals surface area contributed by atoms with Gasteiger partial charge in [0.05, 0.1) is 5.02 Å². The third-order valence-electron chi connectivity index (χ3n) is 2.31. The Morgan fingerprint density at radius 2 is 2.12 bits per heavy atom. The molecule has 0 spiro atoms. The smallest absolute Gasteiger partial charge is 0.164 e. The average Bonchev–Trinajstić information content (AvgIpc) is 2.71. The first-order chi connectivity index (χ1) is 7.59. The summed E-state index contributed by atoms with van der Waals surface area (Å²) in [5.74, 6) is 0.262. The standard InChI is InChI=1S/C11H11ClFN3/c1-7(2)16-6-14-15-11(16)8-3-4-10(13)9(12)5-8/h3-7H,1-2H3. The number of benzene rings is 1.